The molecule has 25 heavy (non-hydrogen) atoms. The Bertz CT molecular complexity index is 837. The molecule has 0 aromatic heterocycles. The van der Waals surface area contributed by atoms with Crippen LogP contribution in [-0.2, 0) is 16.0 Å². The zero-order chi connectivity index (χ0) is 17.8. The van der Waals surface area contributed by atoms with Crippen LogP contribution in [0.4, 0.5) is 11.4 Å². The molecule has 0 unspecified atom stereocenters. The zero-order valence-electron chi connectivity index (χ0n) is 14.1. The third kappa shape index (κ3) is 3.53. The van der Waals surface area contributed by atoms with Crippen LogP contribution < -0.4 is 9.80 Å². The molecule has 0 atom stereocenters. The Morgan fingerprint density at radius 3 is 2.56 bits per heavy atom. The maximum atomic E-state index is 12.9. The second-order valence-electron chi connectivity index (χ2n) is 6.04. The van der Waals surface area contributed by atoms with Gasteiger partial charge in [0.1, 0.15) is 6.54 Å². The highest BCUT2D eigenvalue weighted by atomic mass is 16.2. The van der Waals surface area contributed by atoms with Crippen molar-refractivity contribution >= 4 is 23.2 Å². The molecular weight excluding hydrogens is 314 g/mol. The van der Waals surface area contributed by atoms with Gasteiger partial charge in [-0.15, -0.1) is 0 Å². The van der Waals surface area contributed by atoms with Crippen molar-refractivity contribution in [1.82, 2.24) is 0 Å². The monoisotopic (exact) mass is 333 g/mol. The van der Waals surface area contributed by atoms with Crippen LogP contribution in [0.2, 0.25) is 0 Å². The van der Waals surface area contributed by atoms with E-state index < -0.39 is 0 Å². The van der Waals surface area contributed by atoms with E-state index in [4.69, 9.17) is 5.26 Å². The Labute approximate surface area is 147 Å². The van der Waals surface area contributed by atoms with Crippen molar-refractivity contribution in [2.24, 2.45) is 0 Å². The third-order valence-corrected chi connectivity index (χ3v) is 4.39. The molecule has 2 aromatic rings. The highest BCUT2D eigenvalue weighted by molar-refractivity contribution is 6.03. The molecule has 0 spiro atoms. The molecule has 0 aliphatic carbocycles. The smallest absolute Gasteiger partial charge is 0.247 e. The number of aryl methyl sites for hydroxylation is 1. The Kier molecular flexibility index (Phi) is 4.80. The molecule has 0 saturated carbocycles. The van der Waals surface area contributed by atoms with Crippen molar-refractivity contribution in [3.05, 3.63) is 59.7 Å². The van der Waals surface area contributed by atoms with E-state index in [2.05, 4.69) is 0 Å². The molecule has 5 heteroatoms. The molecule has 1 heterocycles. The fourth-order valence-electron chi connectivity index (χ4n) is 3.11. The molecule has 0 saturated heterocycles. The molecule has 3 rings (SSSR count). The van der Waals surface area contributed by atoms with Crippen molar-refractivity contribution in [3.8, 4) is 6.07 Å². The van der Waals surface area contributed by atoms with Gasteiger partial charge in [-0.25, -0.2) is 0 Å². The maximum absolute atomic E-state index is 12.9. The summed E-state index contributed by atoms with van der Waals surface area (Å²) >= 11 is 0. The van der Waals surface area contributed by atoms with Crippen molar-refractivity contribution in [3.63, 3.8) is 0 Å². The fraction of sp³-hybridized carbons (Fsp3) is 0.250. The van der Waals surface area contributed by atoms with Gasteiger partial charge in [0, 0.05) is 24.8 Å². The Hall–Kier alpha value is -3.13. The standard InChI is InChI=1S/C20H19N3O2/c1-15(24)23(18-10-8-16(13-21)9-11-18)14-20(25)22-12-4-6-17-5-2-3-7-19(17)22/h2-3,5,7-11H,4,6,12,14H2,1H3. The van der Waals surface area contributed by atoms with Crippen LogP contribution in [0.5, 0.6) is 0 Å². The predicted octanol–water partition coefficient (Wildman–Crippen LogP) is 2.89. The Morgan fingerprint density at radius 1 is 1.16 bits per heavy atom. The summed E-state index contributed by atoms with van der Waals surface area (Å²) in [5, 5.41) is 8.89. The van der Waals surface area contributed by atoms with Crippen LogP contribution in [0.15, 0.2) is 48.5 Å². The Morgan fingerprint density at radius 2 is 1.88 bits per heavy atom. The Balaban J connectivity index is 1.82. The van der Waals surface area contributed by atoms with Gasteiger partial charge < -0.3 is 9.80 Å². The molecule has 126 valence electrons. The van der Waals surface area contributed by atoms with E-state index in [1.54, 1.807) is 29.2 Å². The van der Waals surface area contributed by atoms with Crippen molar-refractivity contribution in [1.29, 1.82) is 5.26 Å². The van der Waals surface area contributed by atoms with Gasteiger partial charge in [-0.2, -0.15) is 5.26 Å². The average Bonchev–Trinajstić information content (AvgIpc) is 2.65. The number of hydrogen-bond acceptors (Lipinski definition) is 3. The fourth-order valence-corrected chi connectivity index (χ4v) is 3.11. The molecule has 0 bridgehead atoms. The highest BCUT2D eigenvalue weighted by Crippen LogP contribution is 2.27. The van der Waals surface area contributed by atoms with Crippen LogP contribution in [0, 0.1) is 11.3 Å². The lowest BCUT2D eigenvalue weighted by Gasteiger charge is -2.31. The molecular formula is C20H19N3O2. The van der Waals surface area contributed by atoms with Gasteiger partial charge in [0.2, 0.25) is 11.8 Å². The van der Waals surface area contributed by atoms with Gasteiger partial charge in [0.05, 0.1) is 11.6 Å². The van der Waals surface area contributed by atoms with Gasteiger partial charge in [0.15, 0.2) is 0 Å². The van der Waals surface area contributed by atoms with Gasteiger partial charge in [-0.1, -0.05) is 18.2 Å². The highest BCUT2D eigenvalue weighted by Gasteiger charge is 2.25. The number of rotatable bonds is 3. The van der Waals surface area contributed by atoms with Crippen molar-refractivity contribution < 1.29 is 9.59 Å². The van der Waals surface area contributed by atoms with Gasteiger partial charge in [-0.05, 0) is 48.7 Å². The molecule has 2 amide bonds. The van der Waals surface area contributed by atoms with Crippen molar-refractivity contribution in [2.45, 2.75) is 19.8 Å². The summed E-state index contributed by atoms with van der Waals surface area (Å²) in [6, 6.07) is 16.6. The van der Waals surface area contributed by atoms with Crippen LogP contribution in [0.25, 0.3) is 0 Å². The topological polar surface area (TPSA) is 64.4 Å². The minimum absolute atomic E-state index is 0.0183. The number of nitrogens with zero attached hydrogens (tertiary/aromatic N) is 3. The number of anilines is 2. The summed E-state index contributed by atoms with van der Waals surface area (Å²) in [5.74, 6) is -0.310. The second kappa shape index (κ2) is 7.18. The van der Waals surface area contributed by atoms with Crippen LogP contribution in [0.3, 0.4) is 0 Å². The summed E-state index contributed by atoms with van der Waals surface area (Å²) in [5.41, 5.74) is 3.23. The molecule has 2 aromatic carbocycles. The van der Waals surface area contributed by atoms with E-state index in [1.807, 2.05) is 30.3 Å². The second-order valence-corrected chi connectivity index (χ2v) is 6.04. The largest absolute Gasteiger partial charge is 0.311 e. The summed E-state index contributed by atoms with van der Waals surface area (Å²) in [7, 11) is 0. The SMILES string of the molecule is CC(=O)N(CC(=O)N1CCCc2ccccc21)c1ccc(C#N)cc1. The van der Waals surface area contributed by atoms with E-state index >= 15 is 0 Å². The number of fused-ring (bicyclic) bond motifs is 1. The number of carbonyl (C=O) groups is 2. The predicted molar refractivity (Wildman–Crippen MR) is 96.3 cm³/mol. The molecule has 1 aliphatic rings. The van der Waals surface area contributed by atoms with Crippen molar-refractivity contribution in [2.75, 3.05) is 22.9 Å². The number of carbonyl (C=O) groups excluding carboxylic acids is 2. The summed E-state index contributed by atoms with van der Waals surface area (Å²) in [6.45, 7) is 2.08. The van der Waals surface area contributed by atoms with E-state index in [-0.39, 0.29) is 18.4 Å². The minimum atomic E-state index is -0.205. The van der Waals surface area contributed by atoms with Crippen LogP contribution in [-0.4, -0.2) is 24.9 Å². The van der Waals surface area contributed by atoms with Crippen LogP contribution in [0.1, 0.15) is 24.5 Å². The third-order valence-electron chi connectivity index (χ3n) is 4.39. The normalized spacial score (nSPS) is 12.9. The first-order chi connectivity index (χ1) is 12.1. The van der Waals surface area contributed by atoms with E-state index in [0.717, 1.165) is 24.1 Å². The van der Waals surface area contributed by atoms with E-state index in [0.29, 0.717) is 17.8 Å². The molecule has 1 aliphatic heterocycles. The first-order valence-corrected chi connectivity index (χ1v) is 8.26. The maximum Gasteiger partial charge on any atom is 0.247 e. The van der Waals surface area contributed by atoms with Gasteiger partial charge in [0.25, 0.3) is 0 Å². The number of nitriles is 1. The first kappa shape index (κ1) is 16.7. The zero-order valence-corrected chi connectivity index (χ0v) is 14.1. The average molecular weight is 333 g/mol. The van der Waals surface area contributed by atoms with E-state index in [9.17, 15) is 9.59 Å². The quantitative estimate of drug-likeness (QED) is 0.867. The molecule has 5 nitrogen and oxygen atoms in total. The van der Waals surface area contributed by atoms with Gasteiger partial charge in [-0.3, -0.25) is 9.59 Å². The number of hydrogen-bond donors (Lipinski definition) is 0. The lowest BCUT2D eigenvalue weighted by Crippen LogP contribution is -2.44. The summed E-state index contributed by atoms with van der Waals surface area (Å²) < 4.78 is 0. The summed E-state index contributed by atoms with van der Waals surface area (Å²) in [4.78, 5) is 28.1. The first-order valence-electron chi connectivity index (χ1n) is 8.26. The minimum Gasteiger partial charge on any atom is -0.311 e. The molecule has 0 N–H and O–H groups in total. The van der Waals surface area contributed by atoms with Crippen LogP contribution >= 0.6 is 0 Å². The molecule has 0 radical (unpaired) electrons. The lowest BCUT2D eigenvalue weighted by atomic mass is 10.0. The number of para-hydroxylation sites is 1. The number of benzene rings is 2. The summed E-state index contributed by atoms with van der Waals surface area (Å²) in [6.07, 6.45) is 1.88. The molecule has 0 fully saturated rings. The number of amides is 2. The van der Waals surface area contributed by atoms with Gasteiger partial charge >= 0.3 is 0 Å². The lowest BCUT2D eigenvalue weighted by molar-refractivity contribution is -0.121. The van der Waals surface area contributed by atoms with E-state index in [1.165, 1.54) is 11.8 Å².